The number of hydrogen-bond acceptors (Lipinski definition) is 4. The first-order chi connectivity index (χ1) is 12.0. The van der Waals surface area contributed by atoms with Gasteiger partial charge in [0.15, 0.2) is 5.69 Å². The number of hydrogen-bond donors (Lipinski definition) is 1. The molecule has 1 aromatic carbocycles. The molecule has 0 aliphatic rings. The minimum absolute atomic E-state index is 0.272. The number of amides is 1. The van der Waals surface area contributed by atoms with Crippen LogP contribution in [-0.2, 0) is 6.67 Å². The van der Waals surface area contributed by atoms with Gasteiger partial charge in [-0.2, -0.15) is 15.5 Å². The zero-order chi connectivity index (χ0) is 18.0. The number of nitriles is 1. The maximum absolute atomic E-state index is 12.3. The molecule has 3 aromatic rings. The van der Waals surface area contributed by atoms with Crippen molar-refractivity contribution in [3.8, 4) is 6.07 Å². The molecule has 2 aromatic heterocycles. The van der Waals surface area contributed by atoms with Crippen molar-refractivity contribution < 1.29 is 4.79 Å². The maximum atomic E-state index is 12.3. The summed E-state index contributed by atoms with van der Waals surface area (Å²) in [6.45, 7) is 4.28. The third kappa shape index (κ3) is 3.46. The fraction of sp³-hybridized carbons (Fsp3) is 0.176. The first-order valence-corrected chi connectivity index (χ1v) is 8.32. The largest absolute Gasteiger partial charge is 0.319 e. The van der Waals surface area contributed by atoms with E-state index in [0.717, 1.165) is 15.9 Å². The van der Waals surface area contributed by atoms with Gasteiger partial charge < -0.3 is 5.32 Å². The number of aryl methyl sites for hydroxylation is 1. The van der Waals surface area contributed by atoms with Gasteiger partial charge in [-0.1, -0.05) is 12.1 Å². The van der Waals surface area contributed by atoms with E-state index in [1.165, 1.54) is 0 Å². The lowest BCUT2D eigenvalue weighted by Crippen LogP contribution is -2.16. The SMILES string of the molecule is Cc1nn(Cn2ccc(C(=O)Nc3ccccc3C#N)n2)c(C)c1Br. The third-order valence-electron chi connectivity index (χ3n) is 3.74. The lowest BCUT2D eigenvalue weighted by molar-refractivity contribution is 0.102. The molecule has 0 aliphatic heterocycles. The first kappa shape index (κ1) is 16.9. The van der Waals surface area contributed by atoms with Crippen LogP contribution in [0.5, 0.6) is 0 Å². The zero-order valence-electron chi connectivity index (χ0n) is 13.7. The van der Waals surface area contributed by atoms with Gasteiger partial charge in [0.2, 0.25) is 0 Å². The molecule has 126 valence electrons. The van der Waals surface area contributed by atoms with Crippen molar-refractivity contribution in [3.63, 3.8) is 0 Å². The smallest absolute Gasteiger partial charge is 0.276 e. The van der Waals surface area contributed by atoms with Gasteiger partial charge in [-0.15, -0.1) is 0 Å². The number of halogens is 1. The number of rotatable bonds is 4. The molecule has 2 heterocycles. The van der Waals surface area contributed by atoms with Crippen molar-refractivity contribution in [2.75, 3.05) is 5.32 Å². The molecule has 3 rings (SSSR count). The molecule has 0 fully saturated rings. The average molecular weight is 399 g/mol. The molecule has 1 amide bonds. The summed E-state index contributed by atoms with van der Waals surface area (Å²) in [7, 11) is 0. The van der Waals surface area contributed by atoms with Crippen molar-refractivity contribution in [1.82, 2.24) is 19.6 Å². The number of aromatic nitrogens is 4. The van der Waals surface area contributed by atoms with Gasteiger partial charge >= 0.3 is 0 Å². The van der Waals surface area contributed by atoms with Gasteiger partial charge in [-0.25, -0.2) is 4.68 Å². The number of benzene rings is 1. The molecule has 0 spiro atoms. The van der Waals surface area contributed by atoms with Crippen LogP contribution in [0.4, 0.5) is 5.69 Å². The minimum Gasteiger partial charge on any atom is -0.319 e. The van der Waals surface area contributed by atoms with E-state index in [0.29, 0.717) is 17.9 Å². The predicted molar refractivity (Wildman–Crippen MR) is 96.1 cm³/mol. The summed E-state index contributed by atoms with van der Waals surface area (Å²) in [6, 6.07) is 10.5. The van der Waals surface area contributed by atoms with Crippen LogP contribution >= 0.6 is 15.9 Å². The molecular formula is C17H15BrN6O. The van der Waals surface area contributed by atoms with Crippen LogP contribution in [-0.4, -0.2) is 25.5 Å². The summed E-state index contributed by atoms with van der Waals surface area (Å²) in [5.74, 6) is -0.365. The van der Waals surface area contributed by atoms with Crippen LogP contribution in [0.2, 0.25) is 0 Å². The predicted octanol–water partition coefficient (Wildman–Crippen LogP) is 3.09. The summed E-state index contributed by atoms with van der Waals surface area (Å²) in [6.07, 6.45) is 1.72. The van der Waals surface area contributed by atoms with Crippen LogP contribution in [0.1, 0.15) is 27.4 Å². The third-order valence-corrected chi connectivity index (χ3v) is 4.89. The molecule has 0 radical (unpaired) electrons. The summed E-state index contributed by atoms with van der Waals surface area (Å²) < 4.78 is 4.40. The highest BCUT2D eigenvalue weighted by Crippen LogP contribution is 2.19. The Bertz CT molecular complexity index is 981. The zero-order valence-corrected chi connectivity index (χ0v) is 15.3. The Morgan fingerprint density at radius 1 is 1.28 bits per heavy atom. The summed E-state index contributed by atoms with van der Waals surface area (Å²) in [5, 5.41) is 20.5. The fourth-order valence-corrected chi connectivity index (χ4v) is 2.67. The van der Waals surface area contributed by atoms with Gasteiger partial charge in [-0.05, 0) is 48.0 Å². The maximum Gasteiger partial charge on any atom is 0.276 e. The number of nitrogens with zero attached hydrogens (tertiary/aromatic N) is 5. The molecule has 25 heavy (non-hydrogen) atoms. The van der Waals surface area contributed by atoms with E-state index < -0.39 is 0 Å². The van der Waals surface area contributed by atoms with Crippen molar-refractivity contribution in [2.45, 2.75) is 20.5 Å². The molecular weight excluding hydrogens is 384 g/mol. The molecule has 0 saturated heterocycles. The minimum atomic E-state index is -0.365. The van der Waals surface area contributed by atoms with Gasteiger partial charge in [-0.3, -0.25) is 9.48 Å². The van der Waals surface area contributed by atoms with E-state index in [9.17, 15) is 4.79 Å². The number of anilines is 1. The second kappa shape index (κ2) is 6.91. The Balaban J connectivity index is 1.76. The second-order valence-corrected chi connectivity index (χ2v) is 6.27. The highest BCUT2D eigenvalue weighted by atomic mass is 79.9. The summed E-state index contributed by atoms with van der Waals surface area (Å²) in [5.41, 5.74) is 3.03. The van der Waals surface area contributed by atoms with Crippen molar-refractivity contribution in [2.24, 2.45) is 0 Å². The van der Waals surface area contributed by atoms with Crippen LogP contribution in [0.15, 0.2) is 41.0 Å². The molecule has 0 aliphatic carbocycles. The lowest BCUT2D eigenvalue weighted by Gasteiger charge is -2.06. The Hall–Kier alpha value is -2.92. The molecule has 1 N–H and O–H groups in total. The Kier molecular flexibility index (Phi) is 4.67. The molecule has 0 saturated carbocycles. The van der Waals surface area contributed by atoms with Crippen LogP contribution in [0.25, 0.3) is 0 Å². The van der Waals surface area contributed by atoms with Gasteiger partial charge in [0.05, 0.1) is 27.1 Å². The first-order valence-electron chi connectivity index (χ1n) is 7.53. The molecule has 8 heteroatoms. The highest BCUT2D eigenvalue weighted by Gasteiger charge is 2.13. The lowest BCUT2D eigenvalue weighted by atomic mass is 10.2. The monoisotopic (exact) mass is 398 g/mol. The number of nitrogens with one attached hydrogen (secondary N) is 1. The quantitative estimate of drug-likeness (QED) is 0.730. The average Bonchev–Trinajstić information content (AvgIpc) is 3.17. The van der Waals surface area contributed by atoms with E-state index in [4.69, 9.17) is 5.26 Å². The van der Waals surface area contributed by atoms with E-state index in [1.807, 2.05) is 19.9 Å². The summed E-state index contributed by atoms with van der Waals surface area (Å²) >= 11 is 3.49. The molecule has 7 nitrogen and oxygen atoms in total. The van der Waals surface area contributed by atoms with E-state index >= 15 is 0 Å². The fourth-order valence-electron chi connectivity index (χ4n) is 2.39. The number of carbonyl (C=O) groups excluding carboxylic acids is 1. The number of carbonyl (C=O) groups is 1. The topological polar surface area (TPSA) is 88.5 Å². The van der Waals surface area contributed by atoms with E-state index in [1.54, 1.807) is 45.9 Å². The van der Waals surface area contributed by atoms with Crippen LogP contribution < -0.4 is 5.32 Å². The van der Waals surface area contributed by atoms with Crippen LogP contribution in [0, 0.1) is 25.2 Å². The van der Waals surface area contributed by atoms with Gasteiger partial charge in [0, 0.05) is 6.20 Å². The number of para-hydroxylation sites is 1. The normalized spacial score (nSPS) is 10.5. The van der Waals surface area contributed by atoms with E-state index in [-0.39, 0.29) is 11.6 Å². The van der Waals surface area contributed by atoms with Crippen molar-refractivity contribution >= 4 is 27.5 Å². The van der Waals surface area contributed by atoms with Gasteiger partial charge in [0.1, 0.15) is 12.7 Å². The van der Waals surface area contributed by atoms with E-state index in [2.05, 4.69) is 31.4 Å². The van der Waals surface area contributed by atoms with Crippen molar-refractivity contribution in [1.29, 1.82) is 5.26 Å². The Morgan fingerprint density at radius 3 is 2.72 bits per heavy atom. The summed E-state index contributed by atoms with van der Waals surface area (Å²) in [4.78, 5) is 12.3. The van der Waals surface area contributed by atoms with Crippen LogP contribution in [0.3, 0.4) is 0 Å². The molecule has 0 bridgehead atoms. The molecule has 0 atom stereocenters. The van der Waals surface area contributed by atoms with Crippen molar-refractivity contribution in [3.05, 3.63) is 63.6 Å². The second-order valence-electron chi connectivity index (χ2n) is 5.48. The standard InChI is InChI=1S/C17H15BrN6O/c1-11-16(18)12(2)24(21-11)10-23-8-7-15(22-23)17(25)20-14-6-4-3-5-13(14)9-19/h3-8H,10H2,1-2H3,(H,20,25). The van der Waals surface area contributed by atoms with Gasteiger partial charge in [0.25, 0.3) is 5.91 Å². The Labute approximate surface area is 153 Å². The highest BCUT2D eigenvalue weighted by molar-refractivity contribution is 9.10. The molecule has 0 unspecified atom stereocenters. The Morgan fingerprint density at radius 2 is 2.04 bits per heavy atom.